The maximum Gasteiger partial charge on any atom is 0.411 e. The maximum atomic E-state index is 12.4. The van der Waals surface area contributed by atoms with Crippen LogP contribution in [0.2, 0.25) is 0 Å². The molecule has 2 aromatic rings. The number of ether oxygens (including phenoxy) is 2. The Morgan fingerprint density at radius 1 is 1.22 bits per heavy atom. The summed E-state index contributed by atoms with van der Waals surface area (Å²) in [4.78, 5) is 39.1. The molecular weight excluding hydrogens is 350 g/mol. The Kier molecular flexibility index (Phi) is 4.69. The zero-order chi connectivity index (χ0) is 19.8. The maximum absolute atomic E-state index is 12.4. The van der Waals surface area contributed by atoms with Crippen molar-refractivity contribution >= 4 is 23.7 Å². The molecule has 0 bridgehead atoms. The fourth-order valence-corrected chi connectivity index (χ4v) is 3.22. The van der Waals surface area contributed by atoms with Crippen LogP contribution in [-0.4, -0.2) is 46.1 Å². The van der Waals surface area contributed by atoms with Gasteiger partial charge in [-0.1, -0.05) is 0 Å². The van der Waals surface area contributed by atoms with Gasteiger partial charge in [-0.15, -0.1) is 0 Å². The number of carbonyl (C=O) groups excluding carboxylic acids is 2. The van der Waals surface area contributed by atoms with E-state index >= 15 is 0 Å². The Morgan fingerprint density at radius 3 is 2.59 bits per heavy atom. The van der Waals surface area contributed by atoms with Gasteiger partial charge in [0.25, 0.3) is 0 Å². The van der Waals surface area contributed by atoms with Gasteiger partial charge in [0.15, 0.2) is 6.04 Å². The number of amides is 1. The van der Waals surface area contributed by atoms with Crippen molar-refractivity contribution in [1.29, 1.82) is 0 Å². The molecule has 2 aromatic heterocycles. The predicted octanol–water partition coefficient (Wildman–Crippen LogP) is 2.45. The minimum absolute atomic E-state index is 0.302. The molecule has 1 atom stereocenters. The molecule has 0 radical (unpaired) electrons. The summed E-state index contributed by atoms with van der Waals surface area (Å²) in [5.41, 5.74) is 1.82. The summed E-state index contributed by atoms with van der Waals surface area (Å²) in [6.45, 7) is 5.47. The lowest BCUT2D eigenvalue weighted by Crippen LogP contribution is -2.44. The molecule has 1 aliphatic heterocycles. The van der Waals surface area contributed by atoms with Crippen LogP contribution in [0.25, 0.3) is 0 Å². The fourth-order valence-electron chi connectivity index (χ4n) is 3.22. The van der Waals surface area contributed by atoms with E-state index in [2.05, 4.69) is 20.3 Å². The minimum atomic E-state index is -1.02. The number of hydrogen-bond donors (Lipinski definition) is 1. The number of pyridine rings is 1. The molecule has 27 heavy (non-hydrogen) atoms. The second kappa shape index (κ2) is 6.82. The van der Waals surface area contributed by atoms with Gasteiger partial charge in [0.2, 0.25) is 5.95 Å². The van der Waals surface area contributed by atoms with Crippen molar-refractivity contribution in [2.45, 2.75) is 32.4 Å². The van der Waals surface area contributed by atoms with Gasteiger partial charge < -0.3 is 14.8 Å². The molecule has 1 aliphatic rings. The second-order valence-corrected chi connectivity index (χ2v) is 6.63. The standard InChI is InChI=1S/C18H21N5O4/c1-10-8-11(6-7-19-10)21-16-20-9-12-13(22-16)14(15(24)26-4)23(17(25)27-5)18(12,2)3/h6-9,14H,1-5H3,(H,19,20,21,22). The lowest BCUT2D eigenvalue weighted by atomic mass is 9.97. The van der Waals surface area contributed by atoms with Gasteiger partial charge in [0, 0.05) is 29.3 Å². The molecule has 9 nitrogen and oxygen atoms in total. The molecule has 142 valence electrons. The Labute approximate surface area is 156 Å². The quantitative estimate of drug-likeness (QED) is 0.820. The molecule has 1 unspecified atom stereocenters. The lowest BCUT2D eigenvalue weighted by Gasteiger charge is -2.33. The smallest absolute Gasteiger partial charge is 0.411 e. The normalized spacial score (nSPS) is 17.2. The summed E-state index contributed by atoms with van der Waals surface area (Å²) >= 11 is 0. The molecule has 3 heterocycles. The Morgan fingerprint density at radius 2 is 1.96 bits per heavy atom. The van der Waals surface area contributed by atoms with Crippen LogP contribution < -0.4 is 5.32 Å². The number of nitrogens with one attached hydrogen (secondary N) is 1. The average molecular weight is 371 g/mol. The average Bonchev–Trinajstić information content (AvgIpc) is 2.87. The highest BCUT2D eigenvalue weighted by molar-refractivity contribution is 5.85. The van der Waals surface area contributed by atoms with E-state index in [4.69, 9.17) is 9.47 Å². The molecule has 0 fully saturated rings. The van der Waals surface area contributed by atoms with Crippen LogP contribution >= 0.6 is 0 Å². The van der Waals surface area contributed by atoms with Crippen LogP contribution in [-0.2, 0) is 19.8 Å². The van der Waals surface area contributed by atoms with Crippen LogP contribution in [0, 0.1) is 6.92 Å². The predicted molar refractivity (Wildman–Crippen MR) is 96.3 cm³/mol. The van der Waals surface area contributed by atoms with Gasteiger partial charge in [-0.05, 0) is 32.9 Å². The van der Waals surface area contributed by atoms with Gasteiger partial charge >= 0.3 is 12.1 Å². The van der Waals surface area contributed by atoms with E-state index in [0.717, 1.165) is 11.4 Å². The zero-order valence-electron chi connectivity index (χ0n) is 15.8. The fraction of sp³-hybridized carbons (Fsp3) is 0.389. The first-order valence-corrected chi connectivity index (χ1v) is 8.31. The molecule has 0 spiro atoms. The van der Waals surface area contributed by atoms with Crippen molar-refractivity contribution in [3.8, 4) is 0 Å². The molecule has 0 saturated carbocycles. The van der Waals surface area contributed by atoms with Crippen molar-refractivity contribution in [3.63, 3.8) is 0 Å². The largest absolute Gasteiger partial charge is 0.467 e. The summed E-state index contributed by atoms with van der Waals surface area (Å²) < 4.78 is 9.78. The molecule has 1 N–H and O–H groups in total. The van der Waals surface area contributed by atoms with E-state index in [1.165, 1.54) is 19.1 Å². The zero-order valence-corrected chi connectivity index (χ0v) is 15.8. The van der Waals surface area contributed by atoms with Crippen LogP contribution in [0.1, 0.15) is 36.8 Å². The van der Waals surface area contributed by atoms with E-state index in [-0.39, 0.29) is 0 Å². The van der Waals surface area contributed by atoms with Crippen molar-refractivity contribution in [1.82, 2.24) is 19.9 Å². The number of esters is 1. The monoisotopic (exact) mass is 371 g/mol. The van der Waals surface area contributed by atoms with E-state index in [1.807, 2.05) is 13.0 Å². The minimum Gasteiger partial charge on any atom is -0.467 e. The van der Waals surface area contributed by atoms with Gasteiger partial charge in [-0.2, -0.15) is 0 Å². The van der Waals surface area contributed by atoms with Gasteiger partial charge in [0.1, 0.15) is 0 Å². The highest BCUT2D eigenvalue weighted by Gasteiger charge is 2.52. The summed E-state index contributed by atoms with van der Waals surface area (Å²) in [5, 5.41) is 3.09. The highest BCUT2D eigenvalue weighted by Crippen LogP contribution is 2.46. The number of rotatable bonds is 3. The number of carbonyl (C=O) groups is 2. The number of hydrogen-bond acceptors (Lipinski definition) is 8. The first kappa shape index (κ1) is 18.6. The molecule has 1 amide bonds. The molecule has 9 heteroatoms. The summed E-state index contributed by atoms with van der Waals surface area (Å²) in [6, 6.07) is 2.61. The molecular formula is C18H21N5O4. The van der Waals surface area contributed by atoms with Crippen molar-refractivity contribution < 1.29 is 19.1 Å². The van der Waals surface area contributed by atoms with Crippen LogP contribution in [0.5, 0.6) is 0 Å². The SMILES string of the molecule is COC(=O)C1c2nc(Nc3ccnc(C)c3)ncc2C(C)(C)N1C(=O)OC. The van der Waals surface area contributed by atoms with Crippen LogP contribution in [0.3, 0.4) is 0 Å². The summed E-state index contributed by atoms with van der Waals surface area (Å²) in [5.74, 6) is -0.299. The molecule has 0 aliphatic carbocycles. The lowest BCUT2D eigenvalue weighted by molar-refractivity contribution is -0.147. The number of methoxy groups -OCH3 is 2. The first-order valence-electron chi connectivity index (χ1n) is 8.31. The van der Waals surface area contributed by atoms with Gasteiger partial charge in [0.05, 0.1) is 25.5 Å². The van der Waals surface area contributed by atoms with E-state index < -0.39 is 23.6 Å². The van der Waals surface area contributed by atoms with E-state index in [1.54, 1.807) is 32.3 Å². The Bertz CT molecular complexity index is 899. The van der Waals surface area contributed by atoms with Gasteiger partial charge in [-0.3, -0.25) is 9.88 Å². The Hall–Kier alpha value is -3.23. The topological polar surface area (TPSA) is 107 Å². The van der Waals surface area contributed by atoms with Crippen LogP contribution in [0.15, 0.2) is 24.5 Å². The van der Waals surface area contributed by atoms with Gasteiger partial charge in [-0.25, -0.2) is 19.6 Å². The number of aryl methyl sites for hydroxylation is 1. The number of fused-ring (bicyclic) bond motifs is 1. The highest BCUT2D eigenvalue weighted by atomic mass is 16.5. The Balaban J connectivity index is 2.06. The number of nitrogens with zero attached hydrogens (tertiary/aromatic N) is 4. The van der Waals surface area contributed by atoms with E-state index in [0.29, 0.717) is 17.2 Å². The third kappa shape index (κ3) is 3.16. The summed E-state index contributed by atoms with van der Waals surface area (Å²) in [7, 11) is 2.53. The molecule has 0 saturated heterocycles. The molecule has 3 rings (SSSR count). The summed E-state index contributed by atoms with van der Waals surface area (Å²) in [6.07, 6.45) is 2.63. The third-order valence-electron chi connectivity index (χ3n) is 4.55. The van der Waals surface area contributed by atoms with E-state index in [9.17, 15) is 9.59 Å². The first-order chi connectivity index (χ1) is 12.8. The van der Waals surface area contributed by atoms with Crippen molar-refractivity contribution in [3.05, 3.63) is 41.5 Å². The van der Waals surface area contributed by atoms with Crippen molar-refractivity contribution in [2.24, 2.45) is 0 Å². The van der Waals surface area contributed by atoms with Crippen molar-refractivity contribution in [2.75, 3.05) is 19.5 Å². The molecule has 0 aromatic carbocycles. The number of aromatic nitrogens is 3. The number of anilines is 2. The van der Waals surface area contributed by atoms with Crippen LogP contribution in [0.4, 0.5) is 16.4 Å². The third-order valence-corrected chi connectivity index (χ3v) is 4.55. The second-order valence-electron chi connectivity index (χ2n) is 6.63.